The van der Waals surface area contributed by atoms with Gasteiger partial charge in [0.25, 0.3) is 0 Å². The Balaban J connectivity index is 1.91. The maximum absolute atomic E-state index is 12.6. The normalized spacial score (nSPS) is 18.3. The van der Waals surface area contributed by atoms with Crippen molar-refractivity contribution in [3.63, 3.8) is 0 Å². The summed E-state index contributed by atoms with van der Waals surface area (Å²) < 4.78 is 5.13. The Morgan fingerprint density at radius 1 is 1.19 bits per heavy atom. The van der Waals surface area contributed by atoms with Crippen molar-refractivity contribution < 1.29 is 9.53 Å². The number of hydrogen-bond donors (Lipinski definition) is 2. The highest BCUT2D eigenvalue weighted by Crippen LogP contribution is 2.43. The van der Waals surface area contributed by atoms with Crippen LogP contribution in [0, 0.1) is 16.7 Å². The first kappa shape index (κ1) is 18.5. The molecule has 1 aliphatic carbocycles. The third-order valence-corrected chi connectivity index (χ3v) is 5.20. The van der Waals surface area contributed by atoms with Crippen LogP contribution >= 0.6 is 0 Å². The van der Waals surface area contributed by atoms with Crippen LogP contribution in [-0.4, -0.2) is 13.1 Å². The second-order valence-corrected chi connectivity index (χ2v) is 6.92. The van der Waals surface area contributed by atoms with Crippen LogP contribution in [0.3, 0.4) is 0 Å². The molecular formula is C22H23N3O2. The van der Waals surface area contributed by atoms with Gasteiger partial charge in [0.1, 0.15) is 5.75 Å². The van der Waals surface area contributed by atoms with Crippen LogP contribution in [0.15, 0.2) is 54.1 Å². The Bertz CT molecular complexity index is 925. The summed E-state index contributed by atoms with van der Waals surface area (Å²) in [4.78, 5) is 12.6. The number of benzene rings is 2. The molecule has 5 nitrogen and oxygen atoms in total. The van der Waals surface area contributed by atoms with E-state index in [2.05, 4.69) is 36.6 Å². The quantitative estimate of drug-likeness (QED) is 0.827. The molecule has 0 unspecified atom stereocenters. The zero-order chi connectivity index (χ0) is 19.4. The molecule has 2 amide bonds. The van der Waals surface area contributed by atoms with E-state index in [0.717, 1.165) is 29.7 Å². The molecule has 0 aliphatic heterocycles. The van der Waals surface area contributed by atoms with Crippen molar-refractivity contribution in [1.82, 2.24) is 5.32 Å². The van der Waals surface area contributed by atoms with Crippen LogP contribution in [-0.2, 0) is 6.42 Å². The maximum Gasteiger partial charge on any atom is 0.323 e. The number of urea groups is 1. The summed E-state index contributed by atoms with van der Waals surface area (Å²) in [7, 11) is 1.59. The number of ether oxygens (including phenoxy) is 1. The second-order valence-electron chi connectivity index (χ2n) is 6.92. The third-order valence-electron chi connectivity index (χ3n) is 5.20. The molecule has 2 aromatic carbocycles. The van der Waals surface area contributed by atoms with Crippen LogP contribution in [0.5, 0.6) is 5.75 Å². The molecule has 2 aromatic rings. The first-order valence-electron chi connectivity index (χ1n) is 8.96. The van der Waals surface area contributed by atoms with Gasteiger partial charge in [0.15, 0.2) is 0 Å². The van der Waals surface area contributed by atoms with Gasteiger partial charge in [-0.15, -0.1) is 0 Å². The molecule has 0 heterocycles. The minimum atomic E-state index is -0.377. The maximum atomic E-state index is 12.6. The fourth-order valence-corrected chi connectivity index (χ4v) is 3.44. The first-order valence-corrected chi connectivity index (χ1v) is 8.96. The van der Waals surface area contributed by atoms with E-state index in [1.807, 2.05) is 18.2 Å². The topological polar surface area (TPSA) is 74.2 Å². The number of amides is 2. The highest BCUT2D eigenvalue weighted by atomic mass is 16.5. The molecular weight excluding hydrogens is 338 g/mol. The molecule has 3 rings (SSSR count). The lowest BCUT2D eigenvalue weighted by Crippen LogP contribution is -2.35. The Labute approximate surface area is 159 Å². The Morgan fingerprint density at radius 3 is 2.52 bits per heavy atom. The van der Waals surface area contributed by atoms with Crippen molar-refractivity contribution in [2.24, 2.45) is 5.41 Å². The van der Waals surface area contributed by atoms with Gasteiger partial charge in [-0.25, -0.2) is 4.79 Å². The van der Waals surface area contributed by atoms with Gasteiger partial charge in [-0.05, 0) is 42.7 Å². The molecule has 5 heteroatoms. The van der Waals surface area contributed by atoms with Gasteiger partial charge in [-0.1, -0.05) is 38.1 Å². The molecule has 1 atom stereocenters. The number of carbonyl (C=O) groups excluding carboxylic acids is 1. The fraction of sp³-hybridized carbons (Fsp3) is 0.273. The third kappa shape index (κ3) is 3.65. The summed E-state index contributed by atoms with van der Waals surface area (Å²) in [5, 5.41) is 15.6. The number of carbonyl (C=O) groups is 1. The molecule has 27 heavy (non-hydrogen) atoms. The summed E-state index contributed by atoms with van der Waals surface area (Å²) in [5.74, 6) is 0.718. The highest BCUT2D eigenvalue weighted by molar-refractivity contribution is 5.97. The number of rotatable bonds is 4. The molecule has 138 valence electrons. The number of anilines is 1. The van der Waals surface area contributed by atoms with Crippen molar-refractivity contribution in [1.29, 1.82) is 5.26 Å². The van der Waals surface area contributed by atoms with Crippen LogP contribution in [0.4, 0.5) is 10.5 Å². The zero-order valence-electron chi connectivity index (χ0n) is 15.8. The number of nitrogens with zero attached hydrogens (tertiary/aromatic N) is 1. The van der Waals surface area contributed by atoms with Crippen molar-refractivity contribution in [3.8, 4) is 11.8 Å². The van der Waals surface area contributed by atoms with E-state index in [-0.39, 0.29) is 11.4 Å². The summed E-state index contributed by atoms with van der Waals surface area (Å²) in [5.41, 5.74) is 3.61. The molecule has 0 radical (unpaired) electrons. The van der Waals surface area contributed by atoms with Gasteiger partial charge in [-0.3, -0.25) is 0 Å². The van der Waals surface area contributed by atoms with Gasteiger partial charge in [0.05, 0.1) is 24.4 Å². The molecule has 0 bridgehead atoms. The Kier molecular flexibility index (Phi) is 5.18. The lowest BCUT2D eigenvalue weighted by Gasteiger charge is -2.35. The van der Waals surface area contributed by atoms with Gasteiger partial charge in [0, 0.05) is 16.7 Å². The molecule has 0 aromatic heterocycles. The summed E-state index contributed by atoms with van der Waals surface area (Å²) in [6, 6.07) is 17.0. The number of nitrogens with one attached hydrogen (secondary N) is 2. The van der Waals surface area contributed by atoms with Gasteiger partial charge in [-0.2, -0.15) is 5.26 Å². The molecule has 0 spiro atoms. The number of hydrogen-bond acceptors (Lipinski definition) is 3. The summed E-state index contributed by atoms with van der Waals surface area (Å²) in [6.07, 6.45) is 1.60. The van der Waals surface area contributed by atoms with Crippen molar-refractivity contribution in [2.45, 2.75) is 26.7 Å². The predicted octanol–water partition coefficient (Wildman–Crippen LogP) is 4.72. The second kappa shape index (κ2) is 7.55. The van der Waals surface area contributed by atoms with E-state index in [1.165, 1.54) is 0 Å². The van der Waals surface area contributed by atoms with E-state index in [1.54, 1.807) is 31.4 Å². The zero-order valence-corrected chi connectivity index (χ0v) is 15.8. The highest BCUT2D eigenvalue weighted by Gasteiger charge is 2.36. The lowest BCUT2D eigenvalue weighted by molar-refractivity contribution is 0.255. The van der Waals surface area contributed by atoms with E-state index in [0.29, 0.717) is 17.0 Å². The molecule has 0 saturated heterocycles. The molecule has 2 N–H and O–H groups in total. The van der Waals surface area contributed by atoms with E-state index < -0.39 is 0 Å². The van der Waals surface area contributed by atoms with Gasteiger partial charge >= 0.3 is 6.03 Å². The van der Waals surface area contributed by atoms with Gasteiger partial charge in [0.2, 0.25) is 0 Å². The van der Waals surface area contributed by atoms with Crippen LogP contribution in [0.1, 0.15) is 31.4 Å². The molecule has 0 fully saturated rings. The van der Waals surface area contributed by atoms with E-state index in [4.69, 9.17) is 4.74 Å². The van der Waals surface area contributed by atoms with Crippen LogP contribution < -0.4 is 15.4 Å². The molecule has 0 saturated carbocycles. The molecule has 1 aliphatic rings. The standard InChI is InChI=1S/C22H23N3O2/c1-4-22(2)13-15-7-5-6-8-18(15)20(19(22)14-23)25-21(26)24-16-9-11-17(27-3)12-10-16/h5-12H,4,13H2,1-3H3,(H2,24,25,26)/t22-/m1/s1. The van der Waals surface area contributed by atoms with Gasteiger partial charge < -0.3 is 15.4 Å². The first-order chi connectivity index (χ1) is 13.0. The van der Waals surface area contributed by atoms with Crippen molar-refractivity contribution in [3.05, 3.63) is 65.2 Å². The van der Waals surface area contributed by atoms with Crippen molar-refractivity contribution in [2.75, 3.05) is 12.4 Å². The van der Waals surface area contributed by atoms with E-state index >= 15 is 0 Å². The van der Waals surface area contributed by atoms with Crippen LogP contribution in [0.2, 0.25) is 0 Å². The largest absolute Gasteiger partial charge is 0.497 e. The number of nitriles is 1. The summed E-state index contributed by atoms with van der Waals surface area (Å²) in [6.45, 7) is 4.14. The summed E-state index contributed by atoms with van der Waals surface area (Å²) >= 11 is 0. The lowest BCUT2D eigenvalue weighted by atomic mass is 9.69. The predicted molar refractivity (Wildman–Crippen MR) is 106 cm³/mol. The Morgan fingerprint density at radius 2 is 1.89 bits per heavy atom. The monoisotopic (exact) mass is 361 g/mol. The number of fused-ring (bicyclic) bond motifs is 1. The minimum absolute atomic E-state index is 0.300. The average Bonchev–Trinajstić information content (AvgIpc) is 2.68. The number of methoxy groups -OCH3 is 1. The Hall–Kier alpha value is -3.26. The van der Waals surface area contributed by atoms with E-state index in [9.17, 15) is 10.1 Å². The fourth-order valence-electron chi connectivity index (χ4n) is 3.44. The smallest absolute Gasteiger partial charge is 0.323 e. The SMILES string of the molecule is CC[C@]1(C)Cc2ccccc2C(NC(=O)Nc2ccc(OC)cc2)=C1C#N. The van der Waals surface area contributed by atoms with Crippen LogP contribution in [0.25, 0.3) is 5.70 Å². The minimum Gasteiger partial charge on any atom is -0.497 e. The average molecular weight is 361 g/mol. The van der Waals surface area contributed by atoms with Crippen molar-refractivity contribution >= 4 is 17.4 Å². The number of allylic oxidation sites excluding steroid dienone is 1.